The van der Waals surface area contributed by atoms with Crippen molar-refractivity contribution >= 4 is 42.7 Å². The highest BCUT2D eigenvalue weighted by Crippen LogP contribution is 2.18. The third-order valence-corrected chi connectivity index (χ3v) is 5.57. The van der Waals surface area contributed by atoms with Crippen LogP contribution < -0.4 is 11.4 Å². The van der Waals surface area contributed by atoms with Gasteiger partial charge in [-0.3, -0.25) is 4.57 Å². The Labute approximate surface area is 145 Å². The molecule has 0 aliphatic carbocycles. The lowest BCUT2D eigenvalue weighted by Gasteiger charge is -2.06. The second-order valence-electron chi connectivity index (χ2n) is 5.14. The fourth-order valence-electron chi connectivity index (χ4n) is 2.22. The minimum atomic E-state index is -3.64. The monoisotopic (exact) mass is 411 g/mol. The smallest absolute Gasteiger partial charge is 0.328 e. The first kappa shape index (κ1) is 16.7. The van der Waals surface area contributed by atoms with Crippen LogP contribution in [-0.2, 0) is 16.4 Å². The number of H-pyrrole nitrogens is 1. The summed E-state index contributed by atoms with van der Waals surface area (Å²) in [6, 6.07) is 7.41. The summed E-state index contributed by atoms with van der Waals surface area (Å²) in [5.41, 5.74) is 6.63. The summed E-state index contributed by atoms with van der Waals surface area (Å²) in [4.78, 5) is 22.7. The summed E-state index contributed by atoms with van der Waals surface area (Å²) >= 11 is 3.35. The van der Waals surface area contributed by atoms with Gasteiger partial charge in [-0.25, -0.2) is 13.2 Å². The quantitative estimate of drug-likeness (QED) is 0.623. The van der Waals surface area contributed by atoms with Crippen LogP contribution in [0.4, 0.5) is 5.82 Å². The second kappa shape index (κ2) is 6.02. The summed E-state index contributed by atoms with van der Waals surface area (Å²) < 4.78 is 26.3. The zero-order valence-electron chi connectivity index (χ0n) is 12.7. The molecular formula is C14H14BrN5O3S. The summed E-state index contributed by atoms with van der Waals surface area (Å²) in [6.07, 6.45) is 0. The van der Waals surface area contributed by atoms with Crippen molar-refractivity contribution in [3.63, 3.8) is 0 Å². The van der Waals surface area contributed by atoms with Gasteiger partial charge in [-0.1, -0.05) is 35.0 Å². The summed E-state index contributed by atoms with van der Waals surface area (Å²) in [6.45, 7) is 1.72. The van der Waals surface area contributed by atoms with Gasteiger partial charge in [0.25, 0.3) is 5.16 Å². The van der Waals surface area contributed by atoms with Crippen molar-refractivity contribution in [2.45, 2.75) is 18.6 Å². The summed E-state index contributed by atoms with van der Waals surface area (Å²) in [7, 11) is -3.64. The van der Waals surface area contributed by atoms with E-state index in [4.69, 9.17) is 5.73 Å². The Bertz CT molecular complexity index is 1070. The topological polar surface area (TPSA) is 124 Å². The van der Waals surface area contributed by atoms with Crippen LogP contribution in [0.3, 0.4) is 0 Å². The van der Waals surface area contributed by atoms with E-state index in [-0.39, 0.29) is 34.4 Å². The van der Waals surface area contributed by atoms with Crippen LogP contribution in [0, 0.1) is 0 Å². The number of fused-ring (bicyclic) bond motifs is 1. The van der Waals surface area contributed by atoms with Gasteiger partial charge in [0.1, 0.15) is 5.52 Å². The van der Waals surface area contributed by atoms with Crippen LogP contribution in [-0.4, -0.2) is 33.7 Å². The molecule has 1 aromatic carbocycles. The Morgan fingerprint density at radius 3 is 2.54 bits per heavy atom. The molecule has 0 bridgehead atoms. The normalized spacial score (nSPS) is 11.9. The van der Waals surface area contributed by atoms with Gasteiger partial charge in [0.15, 0.2) is 11.5 Å². The number of nitrogens with zero attached hydrogens (tertiary/aromatic N) is 3. The Balaban J connectivity index is 2.19. The molecule has 3 aromatic rings. The van der Waals surface area contributed by atoms with Crippen molar-refractivity contribution in [1.82, 2.24) is 19.5 Å². The first-order valence-corrected chi connectivity index (χ1v) is 9.49. The van der Waals surface area contributed by atoms with E-state index in [0.717, 1.165) is 10.0 Å². The highest BCUT2D eigenvalue weighted by molar-refractivity contribution is 9.10. The maximum Gasteiger partial charge on any atom is 0.328 e. The molecular weight excluding hydrogens is 398 g/mol. The Kier molecular flexibility index (Phi) is 4.18. The molecule has 2 aromatic heterocycles. The number of aromatic amines is 1. The van der Waals surface area contributed by atoms with Gasteiger partial charge in [-0.2, -0.15) is 9.97 Å². The molecule has 0 amide bonds. The molecule has 0 radical (unpaired) electrons. The number of nitrogens with one attached hydrogen (secondary N) is 1. The highest BCUT2D eigenvalue weighted by atomic mass is 79.9. The molecule has 2 heterocycles. The van der Waals surface area contributed by atoms with Crippen LogP contribution in [0.2, 0.25) is 0 Å². The number of anilines is 1. The fraction of sp³-hybridized carbons (Fsp3) is 0.214. The van der Waals surface area contributed by atoms with E-state index >= 15 is 0 Å². The lowest BCUT2D eigenvalue weighted by atomic mass is 10.2. The van der Waals surface area contributed by atoms with E-state index in [9.17, 15) is 13.2 Å². The van der Waals surface area contributed by atoms with Crippen molar-refractivity contribution < 1.29 is 8.42 Å². The van der Waals surface area contributed by atoms with Gasteiger partial charge >= 0.3 is 5.69 Å². The van der Waals surface area contributed by atoms with Crippen LogP contribution in [0.15, 0.2) is 38.7 Å². The fourth-order valence-corrected chi connectivity index (χ4v) is 3.20. The number of sulfone groups is 1. The maximum absolute atomic E-state index is 12.2. The average Bonchev–Trinajstić information content (AvgIpc) is 2.86. The van der Waals surface area contributed by atoms with E-state index in [1.165, 1.54) is 11.5 Å². The highest BCUT2D eigenvalue weighted by Gasteiger charge is 2.21. The van der Waals surface area contributed by atoms with Gasteiger partial charge in [-0.15, -0.1) is 0 Å². The zero-order chi connectivity index (χ0) is 17.5. The van der Waals surface area contributed by atoms with Crippen LogP contribution in [0.25, 0.3) is 11.2 Å². The first-order chi connectivity index (χ1) is 11.3. The molecule has 0 unspecified atom stereocenters. The number of rotatable bonds is 4. The molecule has 0 saturated carbocycles. The predicted octanol–water partition coefficient (Wildman–Crippen LogP) is 1.31. The Hall–Kier alpha value is -2.20. The number of hydrogen-bond donors (Lipinski definition) is 2. The number of benzene rings is 1. The lowest BCUT2D eigenvalue weighted by molar-refractivity contribution is 0.588. The molecule has 8 nitrogen and oxygen atoms in total. The van der Waals surface area contributed by atoms with E-state index in [0.29, 0.717) is 0 Å². The predicted molar refractivity (Wildman–Crippen MR) is 93.5 cm³/mol. The molecule has 126 valence electrons. The molecule has 0 spiro atoms. The van der Waals surface area contributed by atoms with Crippen LogP contribution in [0.5, 0.6) is 0 Å². The van der Waals surface area contributed by atoms with E-state index < -0.39 is 15.5 Å². The molecule has 24 heavy (non-hydrogen) atoms. The van der Waals surface area contributed by atoms with Crippen LogP contribution >= 0.6 is 15.9 Å². The molecule has 0 atom stereocenters. The molecule has 0 fully saturated rings. The minimum Gasteiger partial charge on any atom is -0.382 e. The molecule has 0 aliphatic rings. The van der Waals surface area contributed by atoms with E-state index in [1.807, 2.05) is 24.3 Å². The lowest BCUT2D eigenvalue weighted by Crippen LogP contribution is -2.18. The molecule has 3 rings (SSSR count). The van der Waals surface area contributed by atoms with Gasteiger partial charge < -0.3 is 10.7 Å². The van der Waals surface area contributed by atoms with Gasteiger partial charge in [-0.05, 0) is 17.7 Å². The molecule has 10 heteroatoms. The van der Waals surface area contributed by atoms with Crippen molar-refractivity contribution in [2.24, 2.45) is 0 Å². The second-order valence-corrected chi connectivity index (χ2v) is 8.22. The largest absolute Gasteiger partial charge is 0.382 e. The zero-order valence-corrected chi connectivity index (χ0v) is 15.1. The molecule has 3 N–H and O–H groups in total. The number of aromatic nitrogens is 4. The van der Waals surface area contributed by atoms with Crippen molar-refractivity contribution in [3.05, 3.63) is 44.8 Å². The van der Waals surface area contributed by atoms with Crippen molar-refractivity contribution in [3.8, 4) is 0 Å². The number of halogens is 1. The van der Waals surface area contributed by atoms with Crippen LogP contribution in [0.1, 0.15) is 12.5 Å². The summed E-state index contributed by atoms with van der Waals surface area (Å²) in [5, 5.41) is -0.376. The number of nitrogen functional groups attached to an aromatic ring is 1. The van der Waals surface area contributed by atoms with Crippen molar-refractivity contribution in [2.75, 3.05) is 11.5 Å². The number of imidazole rings is 1. The Morgan fingerprint density at radius 1 is 1.25 bits per heavy atom. The van der Waals surface area contributed by atoms with Gasteiger partial charge in [0.2, 0.25) is 9.84 Å². The average molecular weight is 412 g/mol. The third-order valence-electron chi connectivity index (χ3n) is 3.54. The van der Waals surface area contributed by atoms with Gasteiger partial charge in [0.05, 0.1) is 12.3 Å². The maximum atomic E-state index is 12.2. The first-order valence-electron chi connectivity index (χ1n) is 7.05. The van der Waals surface area contributed by atoms with Crippen molar-refractivity contribution in [1.29, 1.82) is 0 Å². The SMILES string of the molecule is CCS(=O)(=O)c1nc(N)c2[nH]c(=O)n(Cc3ccc(Br)cc3)c2n1. The third kappa shape index (κ3) is 2.94. The number of nitrogens with two attached hydrogens (primary N) is 1. The molecule has 0 aliphatic heterocycles. The van der Waals surface area contributed by atoms with Gasteiger partial charge in [0, 0.05) is 4.47 Å². The van der Waals surface area contributed by atoms with E-state index in [2.05, 4.69) is 30.9 Å². The van der Waals surface area contributed by atoms with E-state index in [1.54, 1.807) is 0 Å². The minimum absolute atomic E-state index is 0.0707. The standard InChI is InChI=1S/C14H14BrN5O3S/c1-2-24(22,23)13-18-11(16)10-12(19-13)20(14(21)17-10)7-8-3-5-9(15)6-4-8/h3-6H,2,7H2,1H3,(H,17,21)(H2,16,18,19). The summed E-state index contributed by atoms with van der Waals surface area (Å²) in [5.74, 6) is -0.224. The molecule has 0 saturated heterocycles. The number of hydrogen-bond acceptors (Lipinski definition) is 6. The Morgan fingerprint density at radius 2 is 1.92 bits per heavy atom.